The Balaban J connectivity index is 1.72. The van der Waals surface area contributed by atoms with Crippen LogP contribution in [-0.4, -0.2) is 98.7 Å². The van der Waals surface area contributed by atoms with E-state index in [1.807, 2.05) is 6.07 Å². The summed E-state index contributed by atoms with van der Waals surface area (Å²) in [6, 6.07) is 2.89. The lowest BCUT2D eigenvalue weighted by Gasteiger charge is -2.40. The van der Waals surface area contributed by atoms with Crippen LogP contribution < -0.4 is 0 Å². The summed E-state index contributed by atoms with van der Waals surface area (Å²) in [7, 11) is -3.56. The summed E-state index contributed by atoms with van der Waals surface area (Å²) in [4.78, 5) is 9.35. The van der Waals surface area contributed by atoms with Gasteiger partial charge in [-0.1, -0.05) is 6.42 Å². The van der Waals surface area contributed by atoms with E-state index in [1.165, 1.54) is 38.6 Å². The molecule has 0 bridgehead atoms. The largest absolute Gasteiger partial charge is 0.355 e. The number of hydrogen-bond donors (Lipinski definition) is 0. The highest BCUT2D eigenvalue weighted by Gasteiger charge is 2.37. The minimum Gasteiger partial charge on any atom is -0.355 e. The molecule has 0 N–H and O–H groups in total. The van der Waals surface area contributed by atoms with Crippen molar-refractivity contribution < 1.29 is 8.42 Å². The maximum atomic E-state index is 12.4. The van der Waals surface area contributed by atoms with Crippen LogP contribution in [0.1, 0.15) is 52.4 Å². The van der Waals surface area contributed by atoms with Gasteiger partial charge in [-0.15, -0.1) is 0 Å². The molecule has 30 heavy (non-hydrogen) atoms. The van der Waals surface area contributed by atoms with E-state index in [-0.39, 0.29) is 4.91 Å². The number of likely N-dealkylation sites (tertiary alicyclic amines) is 2. The second-order valence-corrected chi connectivity index (χ2v) is 11.3. The van der Waals surface area contributed by atoms with E-state index in [1.54, 1.807) is 0 Å². The molecule has 8 heteroatoms. The number of rotatable bonds is 7. The van der Waals surface area contributed by atoms with Gasteiger partial charge in [0.2, 0.25) is 0 Å². The van der Waals surface area contributed by atoms with Crippen LogP contribution in [0.5, 0.6) is 0 Å². The fourth-order valence-electron chi connectivity index (χ4n) is 5.15. The smallest absolute Gasteiger partial charge is 0.189 e. The lowest BCUT2D eigenvalue weighted by molar-refractivity contribution is 0.116. The fraction of sp³-hybridized carbons (Fsp3) is 0.864. The lowest BCUT2D eigenvalue weighted by atomic mass is 10.0. The molecule has 0 saturated carbocycles. The maximum absolute atomic E-state index is 12.4. The van der Waals surface area contributed by atoms with Gasteiger partial charge in [0.05, 0.1) is 0 Å². The molecule has 3 saturated heterocycles. The van der Waals surface area contributed by atoms with E-state index in [2.05, 4.69) is 33.4 Å². The molecule has 0 aliphatic carbocycles. The molecule has 0 unspecified atom stereocenters. The Labute approximate surface area is 183 Å². The third-order valence-electron chi connectivity index (χ3n) is 6.88. The third kappa shape index (κ3) is 5.68. The predicted octanol–water partition coefficient (Wildman–Crippen LogP) is 2.09. The van der Waals surface area contributed by atoms with Gasteiger partial charge >= 0.3 is 0 Å². The zero-order chi connectivity index (χ0) is 21.7. The number of nitrogens with zero attached hydrogens (tertiary/aromatic N) is 5. The summed E-state index contributed by atoms with van der Waals surface area (Å²) in [6.45, 7) is 12.3. The Morgan fingerprint density at radius 2 is 1.70 bits per heavy atom. The molecule has 0 aromatic heterocycles. The first-order chi connectivity index (χ1) is 14.3. The molecule has 0 radical (unpaired) electrons. The fourth-order valence-corrected chi connectivity index (χ4v) is 5.89. The molecule has 0 aromatic carbocycles. The zero-order valence-electron chi connectivity index (χ0n) is 19.0. The van der Waals surface area contributed by atoms with Crippen molar-refractivity contribution >= 4 is 9.84 Å². The van der Waals surface area contributed by atoms with Crippen molar-refractivity contribution in [2.24, 2.45) is 0 Å². The van der Waals surface area contributed by atoms with Crippen molar-refractivity contribution in [2.75, 3.05) is 58.6 Å². The van der Waals surface area contributed by atoms with Gasteiger partial charge in [-0.2, -0.15) is 5.26 Å². The van der Waals surface area contributed by atoms with Gasteiger partial charge in [0, 0.05) is 51.1 Å². The van der Waals surface area contributed by atoms with E-state index in [4.69, 9.17) is 0 Å². The Bertz CT molecular complexity index is 744. The first-order valence-electron chi connectivity index (χ1n) is 11.6. The Hall–Kier alpha value is -1.30. The topological polar surface area (TPSA) is 70.9 Å². The first kappa shape index (κ1) is 23.4. The van der Waals surface area contributed by atoms with Gasteiger partial charge in [0.1, 0.15) is 11.9 Å². The van der Waals surface area contributed by atoms with Gasteiger partial charge in [0.25, 0.3) is 0 Å². The van der Waals surface area contributed by atoms with Crippen molar-refractivity contribution in [3.05, 3.63) is 10.7 Å². The van der Waals surface area contributed by atoms with E-state index in [9.17, 15) is 13.7 Å². The van der Waals surface area contributed by atoms with Crippen LogP contribution in [0.2, 0.25) is 0 Å². The van der Waals surface area contributed by atoms with Crippen LogP contribution in [-0.2, 0) is 9.84 Å². The standard InChI is InChI=1S/C22H39N5O2S/c1-19(2)25-14-8-20(9-15-25)27-17-16-26(22(27)21(18-23)30(3,28)29)13-7-12-24-10-5-4-6-11-24/h19-20H,4-17H2,1-3H3. The normalized spacial score (nSPS) is 24.5. The van der Waals surface area contributed by atoms with Crippen LogP contribution in [0.3, 0.4) is 0 Å². The van der Waals surface area contributed by atoms with Crippen LogP contribution in [0.25, 0.3) is 0 Å². The Kier molecular flexibility index (Phi) is 8.05. The van der Waals surface area contributed by atoms with Crippen LogP contribution >= 0.6 is 0 Å². The second-order valence-electron chi connectivity index (χ2n) is 9.33. The minimum atomic E-state index is -3.56. The van der Waals surface area contributed by atoms with Crippen molar-refractivity contribution in [2.45, 2.75) is 64.5 Å². The molecule has 0 aromatic rings. The quantitative estimate of drug-likeness (QED) is 0.565. The molecule has 3 aliphatic heterocycles. The van der Waals surface area contributed by atoms with Crippen molar-refractivity contribution in [3.8, 4) is 6.07 Å². The van der Waals surface area contributed by atoms with Gasteiger partial charge in [-0.3, -0.25) is 0 Å². The van der Waals surface area contributed by atoms with Crippen LogP contribution in [0.15, 0.2) is 10.7 Å². The number of allylic oxidation sites excluding steroid dienone is 1. The number of nitriles is 1. The molecule has 170 valence electrons. The predicted molar refractivity (Wildman–Crippen MR) is 120 cm³/mol. The summed E-state index contributed by atoms with van der Waals surface area (Å²) >= 11 is 0. The number of piperidine rings is 2. The first-order valence-corrected chi connectivity index (χ1v) is 13.5. The summed E-state index contributed by atoms with van der Waals surface area (Å²) in [5.41, 5.74) is 0. The highest BCUT2D eigenvalue weighted by molar-refractivity contribution is 7.94. The third-order valence-corrected chi connectivity index (χ3v) is 7.89. The summed E-state index contributed by atoms with van der Waals surface area (Å²) in [6.07, 6.45) is 8.11. The van der Waals surface area contributed by atoms with Gasteiger partial charge < -0.3 is 19.6 Å². The van der Waals surface area contributed by atoms with E-state index in [0.717, 1.165) is 58.5 Å². The van der Waals surface area contributed by atoms with E-state index in [0.29, 0.717) is 17.9 Å². The Morgan fingerprint density at radius 3 is 2.27 bits per heavy atom. The van der Waals surface area contributed by atoms with Crippen LogP contribution in [0.4, 0.5) is 0 Å². The molecule has 0 spiro atoms. The molecule has 3 aliphatic rings. The monoisotopic (exact) mass is 437 g/mol. The molecular weight excluding hydrogens is 398 g/mol. The molecule has 3 fully saturated rings. The molecule has 3 heterocycles. The maximum Gasteiger partial charge on any atom is 0.189 e. The summed E-state index contributed by atoms with van der Waals surface area (Å²) in [5, 5.41) is 9.74. The van der Waals surface area contributed by atoms with Crippen LogP contribution in [0, 0.1) is 11.3 Å². The van der Waals surface area contributed by atoms with Crippen molar-refractivity contribution in [3.63, 3.8) is 0 Å². The number of sulfone groups is 1. The summed E-state index contributed by atoms with van der Waals surface area (Å²) < 4.78 is 24.9. The average Bonchev–Trinajstić information content (AvgIpc) is 3.12. The second kappa shape index (κ2) is 10.3. The number of hydrogen-bond acceptors (Lipinski definition) is 7. The lowest BCUT2D eigenvalue weighted by Crippen LogP contribution is -2.46. The molecule has 0 amide bonds. The van der Waals surface area contributed by atoms with Gasteiger partial charge in [-0.05, 0) is 65.6 Å². The van der Waals surface area contributed by atoms with E-state index >= 15 is 0 Å². The average molecular weight is 438 g/mol. The van der Waals surface area contributed by atoms with Gasteiger partial charge in [-0.25, -0.2) is 8.42 Å². The molecule has 7 nitrogen and oxygen atoms in total. The highest BCUT2D eigenvalue weighted by atomic mass is 32.2. The van der Waals surface area contributed by atoms with Crippen molar-refractivity contribution in [1.29, 1.82) is 5.26 Å². The molecule has 0 atom stereocenters. The highest BCUT2D eigenvalue weighted by Crippen LogP contribution is 2.31. The van der Waals surface area contributed by atoms with Gasteiger partial charge in [0.15, 0.2) is 14.7 Å². The van der Waals surface area contributed by atoms with E-state index < -0.39 is 9.84 Å². The van der Waals surface area contributed by atoms with Crippen molar-refractivity contribution in [1.82, 2.24) is 19.6 Å². The zero-order valence-corrected chi connectivity index (χ0v) is 19.8. The Morgan fingerprint density at radius 1 is 1.03 bits per heavy atom. The SMILES string of the molecule is CC(C)N1CCC(N2CCN(CCCN3CCCCC3)C2=C(C#N)S(C)(=O)=O)CC1. The molecule has 3 rings (SSSR count). The summed E-state index contributed by atoms with van der Waals surface area (Å²) in [5.74, 6) is 0.668. The molecular formula is C22H39N5O2S. The minimum absolute atomic E-state index is 0.0516.